The van der Waals surface area contributed by atoms with E-state index in [0.717, 1.165) is 33.1 Å². The summed E-state index contributed by atoms with van der Waals surface area (Å²) in [7, 11) is 2.09. The largest absolute Gasteiger partial charge is 0.459 e. The molecule has 1 aliphatic carbocycles. The van der Waals surface area contributed by atoms with Gasteiger partial charge in [0.05, 0.1) is 22.3 Å². The Bertz CT molecular complexity index is 1240. The summed E-state index contributed by atoms with van der Waals surface area (Å²) in [6.45, 7) is 6.17. The average molecular weight is 496 g/mol. The summed E-state index contributed by atoms with van der Waals surface area (Å²) >= 11 is 3.72. The third-order valence-corrected chi connectivity index (χ3v) is 7.66. The molecular weight excluding hydrogens is 470 g/mol. The number of halogens is 1. The summed E-state index contributed by atoms with van der Waals surface area (Å²) in [5.74, 6) is 0.116. The number of rotatable bonds is 4. The molecule has 2 aromatic heterocycles. The standard InChI is InChI=1S/C25H26BrN3O3/c1-4-28(5-2)24(30)15-12-17-16-8-6-9-19-22(16)18(13-20(17)27(3)14-15)23(26)29(19)25(31)21-10-7-11-32-21/h6-12,15,20H,4-5,13-14H2,1-3H3/t15-,20-/m1/s1. The van der Waals surface area contributed by atoms with Gasteiger partial charge in [-0.25, -0.2) is 0 Å². The predicted octanol–water partition coefficient (Wildman–Crippen LogP) is 4.42. The van der Waals surface area contributed by atoms with Crippen molar-refractivity contribution in [1.82, 2.24) is 14.4 Å². The molecule has 1 aromatic carbocycles. The summed E-state index contributed by atoms with van der Waals surface area (Å²) in [6.07, 6.45) is 4.46. The second-order valence-electron chi connectivity index (χ2n) is 8.49. The van der Waals surface area contributed by atoms with E-state index in [1.54, 1.807) is 16.7 Å². The maximum absolute atomic E-state index is 13.2. The fourth-order valence-corrected chi connectivity index (χ4v) is 5.94. The number of carbonyl (C=O) groups is 2. The minimum absolute atomic E-state index is 0.166. The van der Waals surface area contributed by atoms with E-state index in [0.29, 0.717) is 25.4 Å². The van der Waals surface area contributed by atoms with Crippen molar-refractivity contribution in [1.29, 1.82) is 0 Å². The van der Waals surface area contributed by atoms with Crippen LogP contribution >= 0.6 is 15.9 Å². The van der Waals surface area contributed by atoms with Gasteiger partial charge in [-0.3, -0.25) is 19.1 Å². The van der Waals surface area contributed by atoms with Crippen LogP contribution in [0.1, 0.15) is 35.5 Å². The van der Waals surface area contributed by atoms with Gasteiger partial charge in [0.2, 0.25) is 5.91 Å². The van der Waals surface area contributed by atoms with E-state index in [9.17, 15) is 9.59 Å². The first-order valence-electron chi connectivity index (χ1n) is 11.1. The highest BCUT2D eigenvalue weighted by atomic mass is 79.9. The third kappa shape index (κ3) is 3.10. The van der Waals surface area contributed by atoms with Gasteiger partial charge < -0.3 is 9.32 Å². The van der Waals surface area contributed by atoms with Crippen molar-refractivity contribution < 1.29 is 14.0 Å². The lowest BCUT2D eigenvalue weighted by molar-refractivity contribution is -0.134. The Morgan fingerprint density at radius 2 is 1.97 bits per heavy atom. The van der Waals surface area contributed by atoms with Crippen LogP contribution < -0.4 is 0 Å². The van der Waals surface area contributed by atoms with Crippen molar-refractivity contribution in [2.75, 3.05) is 26.7 Å². The third-order valence-electron chi connectivity index (χ3n) is 6.82. The minimum atomic E-state index is -0.197. The van der Waals surface area contributed by atoms with Crippen LogP contribution in [-0.2, 0) is 11.2 Å². The second-order valence-corrected chi connectivity index (χ2v) is 9.24. The van der Waals surface area contributed by atoms with E-state index in [-0.39, 0.29) is 23.8 Å². The van der Waals surface area contributed by atoms with Crippen molar-refractivity contribution in [3.63, 3.8) is 0 Å². The Morgan fingerprint density at radius 3 is 2.66 bits per heavy atom. The van der Waals surface area contributed by atoms with Crippen molar-refractivity contribution >= 4 is 44.2 Å². The van der Waals surface area contributed by atoms with Crippen LogP contribution in [0.15, 0.2) is 51.7 Å². The molecule has 3 aromatic rings. The van der Waals surface area contributed by atoms with E-state index in [4.69, 9.17) is 4.42 Å². The van der Waals surface area contributed by atoms with Crippen molar-refractivity contribution in [3.8, 4) is 0 Å². The van der Waals surface area contributed by atoms with Gasteiger partial charge in [0.15, 0.2) is 5.76 Å². The van der Waals surface area contributed by atoms with E-state index in [1.807, 2.05) is 30.9 Å². The van der Waals surface area contributed by atoms with Crippen molar-refractivity contribution in [2.45, 2.75) is 26.3 Å². The molecule has 0 spiro atoms. The summed E-state index contributed by atoms with van der Waals surface area (Å²) in [6, 6.07) is 9.64. The molecule has 2 atom stereocenters. The highest BCUT2D eigenvalue weighted by molar-refractivity contribution is 9.10. The number of benzene rings is 1. The number of carbonyl (C=O) groups excluding carboxylic acids is 2. The molecule has 1 amide bonds. The SMILES string of the molecule is CCN(CC)C(=O)[C@@H]1C=C2c3cccc4c3c(c(Br)n4C(=O)c3ccco3)C[C@H]2N(C)C1. The molecule has 0 N–H and O–H groups in total. The maximum Gasteiger partial charge on any atom is 0.298 e. The Morgan fingerprint density at radius 1 is 1.19 bits per heavy atom. The zero-order valence-corrected chi connectivity index (χ0v) is 20.1. The molecule has 32 heavy (non-hydrogen) atoms. The Labute approximate surface area is 195 Å². The Balaban J connectivity index is 1.66. The van der Waals surface area contributed by atoms with Gasteiger partial charge in [-0.05, 0) is 78.1 Å². The van der Waals surface area contributed by atoms with Crippen LogP contribution in [0.3, 0.4) is 0 Å². The second kappa shape index (κ2) is 8.05. The van der Waals surface area contributed by atoms with Gasteiger partial charge in [-0.15, -0.1) is 0 Å². The molecule has 2 aliphatic rings. The lowest BCUT2D eigenvalue weighted by Gasteiger charge is -2.40. The first kappa shape index (κ1) is 21.2. The first-order valence-corrected chi connectivity index (χ1v) is 11.9. The van der Waals surface area contributed by atoms with E-state index >= 15 is 0 Å². The average Bonchev–Trinajstić information content (AvgIpc) is 3.43. The normalized spacial score (nSPS) is 20.2. The summed E-state index contributed by atoms with van der Waals surface area (Å²) < 4.78 is 7.86. The van der Waals surface area contributed by atoms with E-state index in [2.05, 4.69) is 40.0 Å². The number of hydrogen-bond donors (Lipinski definition) is 0. The van der Waals surface area contributed by atoms with Crippen molar-refractivity contribution in [3.05, 3.63) is 64.2 Å². The number of amides is 1. The molecular formula is C25H26BrN3O3. The fraction of sp³-hybridized carbons (Fsp3) is 0.360. The van der Waals surface area contributed by atoms with Crippen LogP contribution in [-0.4, -0.2) is 58.9 Å². The van der Waals surface area contributed by atoms with Gasteiger partial charge in [-0.2, -0.15) is 0 Å². The molecule has 0 fully saturated rings. The lowest BCUT2D eigenvalue weighted by atomic mass is 9.79. The molecule has 0 saturated carbocycles. The topological polar surface area (TPSA) is 58.7 Å². The number of aromatic nitrogens is 1. The molecule has 0 radical (unpaired) electrons. The van der Waals surface area contributed by atoms with Crippen LogP contribution in [0, 0.1) is 5.92 Å². The number of hydrogen-bond acceptors (Lipinski definition) is 4. The summed E-state index contributed by atoms with van der Waals surface area (Å²) in [5, 5.41) is 1.08. The van der Waals surface area contributed by atoms with Crippen LogP contribution in [0.5, 0.6) is 0 Å². The molecule has 3 heterocycles. The van der Waals surface area contributed by atoms with Crippen LogP contribution in [0.25, 0.3) is 16.5 Å². The highest BCUT2D eigenvalue weighted by Gasteiger charge is 2.38. The highest BCUT2D eigenvalue weighted by Crippen LogP contribution is 2.45. The lowest BCUT2D eigenvalue weighted by Crippen LogP contribution is -2.47. The zero-order chi connectivity index (χ0) is 22.6. The van der Waals surface area contributed by atoms with E-state index < -0.39 is 0 Å². The molecule has 5 rings (SSSR count). The molecule has 6 nitrogen and oxygen atoms in total. The van der Waals surface area contributed by atoms with Gasteiger partial charge in [0.1, 0.15) is 0 Å². The smallest absolute Gasteiger partial charge is 0.298 e. The molecule has 1 aliphatic heterocycles. The first-order chi connectivity index (χ1) is 15.5. The predicted molar refractivity (Wildman–Crippen MR) is 128 cm³/mol. The van der Waals surface area contributed by atoms with Gasteiger partial charge in [-0.1, -0.05) is 18.2 Å². The van der Waals surface area contributed by atoms with Crippen LogP contribution in [0.2, 0.25) is 0 Å². The number of likely N-dealkylation sites (N-methyl/N-ethyl adjacent to an activating group) is 1. The maximum atomic E-state index is 13.2. The Hall–Kier alpha value is -2.64. The Kier molecular flexibility index (Phi) is 5.34. The molecule has 7 heteroatoms. The molecule has 0 bridgehead atoms. The van der Waals surface area contributed by atoms with Gasteiger partial charge >= 0.3 is 0 Å². The van der Waals surface area contributed by atoms with E-state index in [1.165, 1.54) is 11.8 Å². The van der Waals surface area contributed by atoms with Gasteiger partial charge in [0, 0.05) is 31.1 Å². The number of fused-ring (bicyclic) bond motifs is 2. The van der Waals surface area contributed by atoms with Gasteiger partial charge in [0.25, 0.3) is 5.91 Å². The van der Waals surface area contributed by atoms with Crippen molar-refractivity contribution in [2.24, 2.45) is 5.92 Å². The molecule has 166 valence electrons. The number of nitrogens with zero attached hydrogens (tertiary/aromatic N) is 3. The fourth-order valence-electron chi connectivity index (χ4n) is 5.23. The summed E-state index contributed by atoms with van der Waals surface area (Å²) in [5.41, 5.74) is 4.25. The summed E-state index contributed by atoms with van der Waals surface area (Å²) in [4.78, 5) is 30.5. The monoisotopic (exact) mass is 495 g/mol. The number of furan rings is 1. The molecule has 0 unspecified atom stereocenters. The molecule has 0 saturated heterocycles. The zero-order valence-electron chi connectivity index (χ0n) is 18.5. The quantitative estimate of drug-likeness (QED) is 0.537. The van der Waals surface area contributed by atoms with Crippen LogP contribution in [0.4, 0.5) is 0 Å². The minimum Gasteiger partial charge on any atom is -0.459 e.